The number of rotatable bonds is 6. The van der Waals surface area contributed by atoms with E-state index >= 15 is 4.39 Å². The molecule has 0 bridgehead atoms. The number of para-hydroxylation sites is 2. The van der Waals surface area contributed by atoms with Gasteiger partial charge in [-0.3, -0.25) is 0 Å². The average Bonchev–Trinajstić information content (AvgIpc) is 3.76. The van der Waals surface area contributed by atoms with E-state index in [1.165, 1.54) is 17.2 Å². The van der Waals surface area contributed by atoms with Crippen LogP contribution in [0.4, 0.5) is 21.5 Å². The molecule has 0 N–H and O–H groups in total. The summed E-state index contributed by atoms with van der Waals surface area (Å²) in [7, 11) is 0. The molecule has 54 heavy (non-hydrogen) atoms. The molecular formula is C50H31FN2O. The van der Waals surface area contributed by atoms with Gasteiger partial charge in [0.25, 0.3) is 0 Å². The number of halogens is 1. The number of hydrogen-bond donors (Lipinski definition) is 0. The van der Waals surface area contributed by atoms with Gasteiger partial charge in [0.1, 0.15) is 17.0 Å². The Bertz CT molecular complexity index is 2870. The minimum Gasteiger partial charge on any atom is -0.455 e. The predicted molar refractivity (Wildman–Crippen MR) is 216 cm³/mol. The molecule has 0 amide bonds. The van der Waals surface area contributed by atoms with E-state index < -0.39 is 11.2 Å². The van der Waals surface area contributed by atoms with Gasteiger partial charge >= 0.3 is 0 Å². The number of fused-ring (bicyclic) bond motifs is 6. The first kappa shape index (κ1) is 31.5. The van der Waals surface area contributed by atoms with Gasteiger partial charge in [-0.15, -0.1) is 0 Å². The van der Waals surface area contributed by atoms with Crippen LogP contribution >= 0.6 is 0 Å². The second-order valence-corrected chi connectivity index (χ2v) is 13.7. The number of nitriles is 1. The van der Waals surface area contributed by atoms with E-state index in [2.05, 4.69) is 133 Å². The van der Waals surface area contributed by atoms with Crippen molar-refractivity contribution in [2.45, 2.75) is 5.41 Å². The van der Waals surface area contributed by atoms with Crippen molar-refractivity contribution in [3.05, 3.63) is 222 Å². The monoisotopic (exact) mass is 694 g/mol. The molecular weight excluding hydrogens is 664 g/mol. The molecule has 254 valence electrons. The predicted octanol–water partition coefficient (Wildman–Crippen LogP) is 13.1. The average molecular weight is 695 g/mol. The Labute approximate surface area is 312 Å². The summed E-state index contributed by atoms with van der Waals surface area (Å²) in [5.74, 6) is -0.480. The lowest BCUT2D eigenvalue weighted by Crippen LogP contribution is -2.28. The van der Waals surface area contributed by atoms with Gasteiger partial charge in [0.05, 0.1) is 22.7 Å². The molecule has 8 aromatic carbocycles. The van der Waals surface area contributed by atoms with Gasteiger partial charge in [0.2, 0.25) is 0 Å². The maximum atomic E-state index is 16.2. The van der Waals surface area contributed by atoms with Crippen molar-refractivity contribution in [2.24, 2.45) is 0 Å². The minimum atomic E-state index is -0.617. The van der Waals surface area contributed by atoms with E-state index in [0.29, 0.717) is 5.69 Å². The third-order valence-corrected chi connectivity index (χ3v) is 10.9. The molecule has 1 aliphatic rings. The molecule has 0 radical (unpaired) electrons. The van der Waals surface area contributed by atoms with Gasteiger partial charge in [-0.05, 0) is 87.5 Å². The van der Waals surface area contributed by atoms with Crippen molar-refractivity contribution in [1.82, 2.24) is 0 Å². The highest BCUT2D eigenvalue weighted by Crippen LogP contribution is 2.57. The van der Waals surface area contributed by atoms with Crippen molar-refractivity contribution in [3.63, 3.8) is 0 Å². The van der Waals surface area contributed by atoms with Crippen LogP contribution in [-0.4, -0.2) is 0 Å². The highest BCUT2D eigenvalue weighted by Gasteiger charge is 2.46. The highest BCUT2D eigenvalue weighted by molar-refractivity contribution is 6.09. The second-order valence-electron chi connectivity index (χ2n) is 13.7. The fourth-order valence-corrected chi connectivity index (χ4v) is 8.52. The molecule has 0 aliphatic heterocycles. The zero-order chi connectivity index (χ0) is 36.2. The summed E-state index contributed by atoms with van der Waals surface area (Å²) in [5.41, 5.74) is 12.2. The van der Waals surface area contributed by atoms with Gasteiger partial charge in [0, 0.05) is 27.7 Å². The summed E-state index contributed by atoms with van der Waals surface area (Å²) >= 11 is 0. The van der Waals surface area contributed by atoms with Crippen LogP contribution in [0, 0.1) is 17.1 Å². The van der Waals surface area contributed by atoms with Crippen LogP contribution < -0.4 is 4.90 Å². The van der Waals surface area contributed by atoms with E-state index in [1.54, 1.807) is 12.1 Å². The topological polar surface area (TPSA) is 40.2 Å². The number of anilines is 3. The maximum Gasteiger partial charge on any atom is 0.148 e. The van der Waals surface area contributed by atoms with Crippen molar-refractivity contribution < 1.29 is 8.81 Å². The molecule has 0 saturated heterocycles. The van der Waals surface area contributed by atoms with Crippen LogP contribution in [0.2, 0.25) is 0 Å². The zero-order valence-electron chi connectivity index (χ0n) is 29.1. The van der Waals surface area contributed by atoms with E-state index in [1.807, 2.05) is 47.4 Å². The number of benzene rings is 8. The summed E-state index contributed by atoms with van der Waals surface area (Å²) in [6.45, 7) is 0. The summed E-state index contributed by atoms with van der Waals surface area (Å²) in [6.07, 6.45) is 0. The van der Waals surface area contributed by atoms with Crippen LogP contribution in [0.5, 0.6) is 0 Å². The van der Waals surface area contributed by atoms with Crippen LogP contribution in [0.25, 0.3) is 44.2 Å². The van der Waals surface area contributed by atoms with Gasteiger partial charge in [-0.1, -0.05) is 140 Å². The van der Waals surface area contributed by atoms with Gasteiger partial charge < -0.3 is 9.32 Å². The molecule has 0 atom stereocenters. The molecule has 1 aromatic heterocycles. The fourth-order valence-electron chi connectivity index (χ4n) is 8.52. The van der Waals surface area contributed by atoms with Crippen LogP contribution in [0.1, 0.15) is 27.8 Å². The highest BCUT2D eigenvalue weighted by atomic mass is 19.1. The Morgan fingerprint density at radius 1 is 0.519 bits per heavy atom. The van der Waals surface area contributed by atoms with Crippen molar-refractivity contribution in [1.29, 1.82) is 5.26 Å². The molecule has 0 fully saturated rings. The molecule has 1 heterocycles. The first-order chi connectivity index (χ1) is 26.6. The van der Waals surface area contributed by atoms with Crippen LogP contribution in [-0.2, 0) is 5.41 Å². The molecule has 1 aliphatic carbocycles. The molecule has 0 saturated carbocycles. The third kappa shape index (κ3) is 4.72. The summed E-state index contributed by atoms with van der Waals surface area (Å²) in [6, 6.07) is 65.6. The van der Waals surface area contributed by atoms with Crippen LogP contribution in [0.3, 0.4) is 0 Å². The van der Waals surface area contributed by atoms with Crippen molar-refractivity contribution in [3.8, 4) is 28.3 Å². The Kier molecular flexibility index (Phi) is 7.28. The lowest BCUT2D eigenvalue weighted by Gasteiger charge is -2.35. The van der Waals surface area contributed by atoms with E-state index in [-0.39, 0.29) is 5.56 Å². The first-order valence-corrected chi connectivity index (χ1v) is 18.0. The molecule has 4 heteroatoms. The third-order valence-electron chi connectivity index (χ3n) is 10.9. The Morgan fingerprint density at radius 2 is 1.15 bits per heavy atom. The lowest BCUT2D eigenvalue weighted by atomic mass is 9.67. The summed E-state index contributed by atoms with van der Waals surface area (Å²) in [4.78, 5) is 1.95. The molecule has 9 aromatic rings. The largest absolute Gasteiger partial charge is 0.455 e. The van der Waals surface area contributed by atoms with Crippen molar-refractivity contribution >= 4 is 39.0 Å². The molecule has 10 rings (SSSR count). The Morgan fingerprint density at radius 3 is 1.89 bits per heavy atom. The molecule has 0 unspecified atom stereocenters. The number of hydrogen-bond acceptors (Lipinski definition) is 3. The minimum absolute atomic E-state index is 0.266. The molecule has 3 nitrogen and oxygen atoms in total. The zero-order valence-corrected chi connectivity index (χ0v) is 29.1. The smallest absolute Gasteiger partial charge is 0.148 e. The first-order valence-electron chi connectivity index (χ1n) is 18.0. The van der Waals surface area contributed by atoms with Crippen molar-refractivity contribution in [2.75, 3.05) is 4.90 Å². The lowest BCUT2D eigenvalue weighted by molar-refractivity contribution is 0.628. The summed E-state index contributed by atoms with van der Waals surface area (Å²) < 4.78 is 22.6. The van der Waals surface area contributed by atoms with E-state index in [9.17, 15) is 5.26 Å². The normalized spacial score (nSPS) is 12.7. The number of furan rings is 1. The van der Waals surface area contributed by atoms with Crippen LogP contribution in [0.15, 0.2) is 192 Å². The molecule has 0 spiro atoms. The van der Waals surface area contributed by atoms with Gasteiger partial charge in [-0.25, -0.2) is 4.39 Å². The Hall–Kier alpha value is -7.22. The SMILES string of the molecule is N#Cc1ccc(N(c2ccc(-c3cccc4c3oc3ccccc34)cc2)c2ccc3c(c2)C(c2ccccc2)(c2ccccc2)c2ccccc2-3)c(F)c1. The second kappa shape index (κ2) is 12.5. The van der Waals surface area contributed by atoms with Gasteiger partial charge in [0.15, 0.2) is 0 Å². The quantitative estimate of drug-likeness (QED) is 0.174. The van der Waals surface area contributed by atoms with E-state index in [0.717, 1.165) is 66.7 Å². The standard InChI is InChI=1S/C50H31FN2O/c51-46-30-33(32-52)22-29-47(46)53(37-25-23-34(24-26-37)39-18-11-19-43-42-17-8-10-21-48(42)54-49(39)43)38-27-28-41-40-16-7-9-20-44(40)50(45(41)31-38,35-12-3-1-4-13-35)36-14-5-2-6-15-36/h1-31H. The summed E-state index contributed by atoms with van der Waals surface area (Å²) in [5, 5.41) is 11.8. The number of nitrogens with zero attached hydrogens (tertiary/aromatic N) is 2. The van der Waals surface area contributed by atoms with Gasteiger partial charge in [-0.2, -0.15) is 5.26 Å². The fraction of sp³-hybridized carbons (Fsp3) is 0.0200. The van der Waals surface area contributed by atoms with E-state index in [4.69, 9.17) is 4.42 Å². The Balaban J connectivity index is 1.18. The maximum absolute atomic E-state index is 16.2.